The summed E-state index contributed by atoms with van der Waals surface area (Å²) in [4.78, 5) is 0. The first-order valence-corrected chi connectivity index (χ1v) is 7.64. The highest BCUT2D eigenvalue weighted by Gasteiger charge is 2.07. The number of ether oxygens (including phenoxy) is 1. The number of nitriles is 1. The maximum atomic E-state index is 11.3. The summed E-state index contributed by atoms with van der Waals surface area (Å²) in [7, 11) is -2.93. The lowest BCUT2D eigenvalue weighted by Gasteiger charge is -2.09. The second-order valence-electron chi connectivity index (χ2n) is 4.03. The third-order valence-electron chi connectivity index (χ3n) is 2.61. The molecule has 0 aliphatic rings. The molecule has 1 rings (SSSR count). The van der Waals surface area contributed by atoms with Gasteiger partial charge in [0.2, 0.25) is 0 Å². The molecule has 98 valence electrons. The molecule has 5 heteroatoms. The van der Waals surface area contributed by atoms with E-state index in [2.05, 4.69) is 0 Å². The van der Waals surface area contributed by atoms with E-state index in [0.717, 1.165) is 5.56 Å². The SMILES string of the molecule is CCS(=O)(=O)CCCOc1cc(C#N)ccc1C. The quantitative estimate of drug-likeness (QED) is 0.740. The Morgan fingerprint density at radius 2 is 2.11 bits per heavy atom. The highest BCUT2D eigenvalue weighted by atomic mass is 32.2. The molecule has 0 aliphatic heterocycles. The number of hydrogen-bond donors (Lipinski definition) is 0. The van der Waals surface area contributed by atoms with Gasteiger partial charge >= 0.3 is 0 Å². The second kappa shape index (κ2) is 6.41. The first-order chi connectivity index (χ1) is 8.48. The van der Waals surface area contributed by atoms with Crippen molar-refractivity contribution in [1.29, 1.82) is 5.26 Å². The predicted molar refractivity (Wildman–Crippen MR) is 70.3 cm³/mol. The van der Waals surface area contributed by atoms with Crippen molar-refractivity contribution >= 4 is 9.84 Å². The van der Waals surface area contributed by atoms with E-state index in [4.69, 9.17) is 10.00 Å². The molecular weight excluding hydrogens is 250 g/mol. The van der Waals surface area contributed by atoms with E-state index >= 15 is 0 Å². The maximum absolute atomic E-state index is 11.3. The van der Waals surface area contributed by atoms with Gasteiger partial charge in [-0.05, 0) is 31.0 Å². The van der Waals surface area contributed by atoms with Crippen molar-refractivity contribution in [2.45, 2.75) is 20.3 Å². The predicted octanol–water partition coefficient (Wildman–Crippen LogP) is 2.07. The standard InChI is InChI=1S/C13H17NO3S/c1-3-18(15,16)8-4-7-17-13-9-12(10-14)6-5-11(13)2/h5-6,9H,3-4,7-8H2,1-2H3. The molecule has 0 spiro atoms. The van der Waals surface area contributed by atoms with Crippen molar-refractivity contribution < 1.29 is 13.2 Å². The summed E-state index contributed by atoms with van der Waals surface area (Å²) in [6, 6.07) is 7.25. The Hall–Kier alpha value is -1.54. The lowest BCUT2D eigenvalue weighted by Crippen LogP contribution is -2.12. The van der Waals surface area contributed by atoms with Crippen LogP contribution in [-0.2, 0) is 9.84 Å². The molecule has 1 aromatic rings. The molecule has 0 atom stereocenters. The minimum Gasteiger partial charge on any atom is -0.493 e. The number of aryl methyl sites for hydroxylation is 1. The van der Waals surface area contributed by atoms with Crippen LogP contribution < -0.4 is 4.74 Å². The van der Waals surface area contributed by atoms with Crippen LogP contribution in [0.2, 0.25) is 0 Å². The van der Waals surface area contributed by atoms with E-state index in [1.54, 1.807) is 19.1 Å². The van der Waals surface area contributed by atoms with Gasteiger partial charge in [0, 0.05) is 5.75 Å². The van der Waals surface area contributed by atoms with Gasteiger partial charge < -0.3 is 4.74 Å². The van der Waals surface area contributed by atoms with Crippen LogP contribution >= 0.6 is 0 Å². The van der Waals surface area contributed by atoms with Crippen molar-refractivity contribution in [2.75, 3.05) is 18.1 Å². The molecule has 1 aromatic carbocycles. The highest BCUT2D eigenvalue weighted by Crippen LogP contribution is 2.19. The Labute approximate surface area is 108 Å². The van der Waals surface area contributed by atoms with E-state index in [1.165, 1.54) is 0 Å². The lowest BCUT2D eigenvalue weighted by molar-refractivity contribution is 0.315. The van der Waals surface area contributed by atoms with Gasteiger partial charge in [0.15, 0.2) is 0 Å². The Morgan fingerprint density at radius 3 is 2.72 bits per heavy atom. The molecule has 4 nitrogen and oxygen atoms in total. The fraction of sp³-hybridized carbons (Fsp3) is 0.462. The van der Waals surface area contributed by atoms with E-state index in [-0.39, 0.29) is 11.5 Å². The number of sulfone groups is 1. The molecule has 18 heavy (non-hydrogen) atoms. The van der Waals surface area contributed by atoms with Gasteiger partial charge in [-0.25, -0.2) is 8.42 Å². The maximum Gasteiger partial charge on any atom is 0.150 e. The number of nitrogens with zero attached hydrogens (tertiary/aromatic N) is 1. The topological polar surface area (TPSA) is 67.2 Å². The van der Waals surface area contributed by atoms with E-state index in [9.17, 15) is 8.42 Å². The van der Waals surface area contributed by atoms with Crippen LogP contribution in [0.25, 0.3) is 0 Å². The van der Waals surface area contributed by atoms with Crippen molar-refractivity contribution in [3.05, 3.63) is 29.3 Å². The molecular formula is C13H17NO3S. The van der Waals surface area contributed by atoms with Crippen LogP contribution in [0.4, 0.5) is 0 Å². The fourth-order valence-corrected chi connectivity index (χ4v) is 2.28. The van der Waals surface area contributed by atoms with Crippen LogP contribution in [0.5, 0.6) is 5.75 Å². The summed E-state index contributed by atoms with van der Waals surface area (Å²) in [6.45, 7) is 3.87. The summed E-state index contributed by atoms with van der Waals surface area (Å²) in [5.74, 6) is 0.944. The summed E-state index contributed by atoms with van der Waals surface area (Å²) in [5.41, 5.74) is 1.48. The van der Waals surface area contributed by atoms with Gasteiger partial charge in [-0.15, -0.1) is 0 Å². The molecule has 0 aliphatic carbocycles. The van der Waals surface area contributed by atoms with Crippen molar-refractivity contribution in [3.63, 3.8) is 0 Å². The Bertz CT molecular complexity index is 544. The number of rotatable bonds is 6. The summed E-state index contributed by atoms with van der Waals surface area (Å²) >= 11 is 0. The van der Waals surface area contributed by atoms with E-state index in [0.29, 0.717) is 24.3 Å². The highest BCUT2D eigenvalue weighted by molar-refractivity contribution is 7.91. The van der Waals surface area contributed by atoms with Crippen LogP contribution in [0.15, 0.2) is 18.2 Å². The fourth-order valence-electron chi connectivity index (χ4n) is 1.43. The molecule has 0 N–H and O–H groups in total. The molecule has 0 bridgehead atoms. The van der Waals surface area contributed by atoms with Crippen molar-refractivity contribution in [3.8, 4) is 11.8 Å². The minimum absolute atomic E-state index is 0.139. The molecule has 0 unspecified atom stereocenters. The third-order valence-corrected chi connectivity index (χ3v) is 4.40. The van der Waals surface area contributed by atoms with Crippen LogP contribution in [0.1, 0.15) is 24.5 Å². The van der Waals surface area contributed by atoms with Gasteiger partial charge in [-0.1, -0.05) is 13.0 Å². The first-order valence-electron chi connectivity index (χ1n) is 5.82. The zero-order valence-corrected chi connectivity index (χ0v) is 11.5. The molecule has 0 fully saturated rings. The number of benzene rings is 1. The lowest BCUT2D eigenvalue weighted by atomic mass is 10.1. The van der Waals surface area contributed by atoms with Crippen molar-refractivity contribution in [1.82, 2.24) is 0 Å². The number of hydrogen-bond acceptors (Lipinski definition) is 4. The Kier molecular flexibility index (Phi) is 5.17. The van der Waals surface area contributed by atoms with Gasteiger partial charge in [-0.3, -0.25) is 0 Å². The van der Waals surface area contributed by atoms with Gasteiger partial charge in [0.25, 0.3) is 0 Å². The molecule has 0 saturated heterocycles. The normalized spacial score (nSPS) is 10.9. The molecule has 0 radical (unpaired) electrons. The molecule has 0 amide bonds. The zero-order valence-electron chi connectivity index (χ0n) is 10.6. The Balaban J connectivity index is 2.52. The molecule has 0 heterocycles. The van der Waals surface area contributed by atoms with Crippen LogP contribution in [0.3, 0.4) is 0 Å². The van der Waals surface area contributed by atoms with Gasteiger partial charge in [-0.2, -0.15) is 5.26 Å². The van der Waals surface area contributed by atoms with Crippen LogP contribution in [0, 0.1) is 18.3 Å². The average molecular weight is 267 g/mol. The van der Waals surface area contributed by atoms with Crippen molar-refractivity contribution in [2.24, 2.45) is 0 Å². The smallest absolute Gasteiger partial charge is 0.150 e. The second-order valence-corrected chi connectivity index (χ2v) is 6.50. The Morgan fingerprint density at radius 1 is 1.39 bits per heavy atom. The zero-order chi connectivity index (χ0) is 13.6. The monoisotopic (exact) mass is 267 g/mol. The summed E-state index contributed by atoms with van der Waals surface area (Å²) < 4.78 is 28.1. The summed E-state index contributed by atoms with van der Waals surface area (Å²) in [5, 5.41) is 8.78. The van der Waals surface area contributed by atoms with Gasteiger partial charge in [0.05, 0.1) is 24.0 Å². The average Bonchev–Trinajstić information content (AvgIpc) is 2.36. The molecule has 0 saturated carbocycles. The third kappa shape index (κ3) is 4.38. The minimum atomic E-state index is -2.93. The van der Waals surface area contributed by atoms with E-state index < -0.39 is 9.84 Å². The first kappa shape index (κ1) is 14.5. The summed E-state index contributed by atoms with van der Waals surface area (Å²) in [6.07, 6.45) is 0.465. The van der Waals surface area contributed by atoms with E-state index in [1.807, 2.05) is 19.1 Å². The van der Waals surface area contributed by atoms with Gasteiger partial charge in [0.1, 0.15) is 15.6 Å². The molecule has 0 aromatic heterocycles. The van der Waals surface area contributed by atoms with Crippen LogP contribution in [-0.4, -0.2) is 26.5 Å². The largest absolute Gasteiger partial charge is 0.493 e.